The van der Waals surface area contributed by atoms with E-state index < -0.39 is 10.2 Å². The van der Waals surface area contributed by atoms with Crippen LogP contribution in [0.1, 0.15) is 44.9 Å². The van der Waals surface area contributed by atoms with Crippen LogP contribution < -0.4 is 0 Å². The lowest BCUT2D eigenvalue weighted by Gasteiger charge is -2.35. The van der Waals surface area contributed by atoms with E-state index in [1.54, 1.807) is 23.5 Å². The minimum atomic E-state index is -3.42. The SMILES string of the molecule is CC(C)N(C)S(=O)(=O)N1CCC2(CC1)C[C@@H]2c1nnc(-c2cccc(F)c2)o1. The summed E-state index contributed by atoms with van der Waals surface area (Å²) in [7, 11) is -1.80. The van der Waals surface area contributed by atoms with Crippen LogP contribution in [0.4, 0.5) is 4.39 Å². The van der Waals surface area contributed by atoms with Crippen LogP contribution in [0, 0.1) is 11.2 Å². The third-order valence-corrected chi connectivity index (χ3v) is 8.30. The molecule has 0 unspecified atom stereocenters. The molecule has 0 amide bonds. The van der Waals surface area contributed by atoms with Crippen LogP contribution >= 0.6 is 0 Å². The second-order valence-electron chi connectivity index (χ2n) is 8.09. The molecule has 1 aromatic heterocycles. The summed E-state index contributed by atoms with van der Waals surface area (Å²) >= 11 is 0. The number of nitrogens with zero attached hydrogens (tertiary/aromatic N) is 4. The third-order valence-electron chi connectivity index (χ3n) is 6.14. The standard InChI is InChI=1S/C19H25FN4O3S/c1-13(2)23(3)28(25,26)24-9-7-19(8-10-24)12-16(19)18-22-21-17(27-18)14-5-4-6-15(20)11-14/h4-6,11,13,16H,7-10,12H2,1-3H3/t16-/m1/s1. The van der Waals surface area contributed by atoms with Gasteiger partial charge >= 0.3 is 0 Å². The Balaban J connectivity index is 1.43. The average Bonchev–Trinajstić information content (AvgIpc) is 3.13. The van der Waals surface area contributed by atoms with Gasteiger partial charge in [0, 0.05) is 37.7 Å². The van der Waals surface area contributed by atoms with Crippen LogP contribution in [0.3, 0.4) is 0 Å². The largest absolute Gasteiger partial charge is 0.420 e. The van der Waals surface area contributed by atoms with Gasteiger partial charge in [-0.15, -0.1) is 10.2 Å². The van der Waals surface area contributed by atoms with Gasteiger partial charge in [0.15, 0.2) is 0 Å². The summed E-state index contributed by atoms with van der Waals surface area (Å²) in [5.74, 6) is 0.681. The molecule has 1 spiro atoms. The van der Waals surface area contributed by atoms with Crippen molar-refractivity contribution in [2.75, 3.05) is 20.1 Å². The molecule has 0 bridgehead atoms. The zero-order valence-electron chi connectivity index (χ0n) is 16.3. The molecule has 0 N–H and O–H groups in total. The Labute approximate surface area is 164 Å². The third kappa shape index (κ3) is 3.35. The molecule has 28 heavy (non-hydrogen) atoms. The van der Waals surface area contributed by atoms with Crippen LogP contribution in [0.25, 0.3) is 11.5 Å². The second-order valence-corrected chi connectivity index (χ2v) is 10.1. The van der Waals surface area contributed by atoms with Crippen molar-refractivity contribution in [1.29, 1.82) is 0 Å². The molecule has 2 heterocycles. The van der Waals surface area contributed by atoms with Crippen LogP contribution in [-0.2, 0) is 10.2 Å². The van der Waals surface area contributed by atoms with Gasteiger partial charge in [0.2, 0.25) is 11.8 Å². The van der Waals surface area contributed by atoms with E-state index in [1.807, 2.05) is 13.8 Å². The van der Waals surface area contributed by atoms with Gasteiger partial charge in [0.1, 0.15) is 5.82 Å². The Bertz CT molecular complexity index is 967. The van der Waals surface area contributed by atoms with Crippen molar-refractivity contribution in [1.82, 2.24) is 18.8 Å². The van der Waals surface area contributed by atoms with Crippen LogP contribution in [0.2, 0.25) is 0 Å². The van der Waals surface area contributed by atoms with Gasteiger partial charge < -0.3 is 4.42 Å². The maximum absolute atomic E-state index is 13.4. The predicted octanol–water partition coefficient (Wildman–Crippen LogP) is 3.03. The minimum Gasteiger partial charge on any atom is -0.420 e. The summed E-state index contributed by atoms with van der Waals surface area (Å²) < 4.78 is 47.6. The molecule has 1 saturated carbocycles. The van der Waals surface area contributed by atoms with E-state index >= 15 is 0 Å². The number of hydrogen-bond acceptors (Lipinski definition) is 5. The summed E-state index contributed by atoms with van der Waals surface area (Å²) in [5.41, 5.74) is 0.597. The Morgan fingerprint density at radius 2 is 2.00 bits per heavy atom. The molecule has 7 nitrogen and oxygen atoms in total. The maximum Gasteiger partial charge on any atom is 0.281 e. The number of aromatic nitrogens is 2. The molecule has 1 aliphatic heterocycles. The second kappa shape index (κ2) is 6.89. The molecule has 152 valence electrons. The van der Waals surface area contributed by atoms with E-state index in [0.29, 0.717) is 30.4 Å². The first kappa shape index (κ1) is 19.5. The lowest BCUT2D eigenvalue weighted by Crippen LogP contribution is -2.48. The van der Waals surface area contributed by atoms with E-state index in [1.165, 1.54) is 16.4 Å². The number of benzene rings is 1. The topological polar surface area (TPSA) is 79.5 Å². The van der Waals surface area contributed by atoms with Crippen molar-refractivity contribution in [3.63, 3.8) is 0 Å². The summed E-state index contributed by atoms with van der Waals surface area (Å²) in [4.78, 5) is 0. The predicted molar refractivity (Wildman–Crippen MR) is 102 cm³/mol. The highest BCUT2D eigenvalue weighted by Crippen LogP contribution is 2.64. The molecule has 1 aromatic carbocycles. The van der Waals surface area contributed by atoms with Gasteiger partial charge in [-0.2, -0.15) is 17.0 Å². The number of piperidine rings is 1. The Kier molecular flexibility index (Phi) is 4.79. The molecule has 1 aliphatic carbocycles. The van der Waals surface area contributed by atoms with Crippen molar-refractivity contribution < 1.29 is 17.2 Å². The fourth-order valence-corrected chi connectivity index (χ4v) is 5.51. The van der Waals surface area contributed by atoms with Crippen molar-refractivity contribution in [3.05, 3.63) is 36.0 Å². The average molecular weight is 408 g/mol. The van der Waals surface area contributed by atoms with Crippen LogP contribution in [-0.4, -0.2) is 53.4 Å². The molecule has 9 heteroatoms. The molecule has 2 aromatic rings. The van der Waals surface area contributed by atoms with Gasteiger partial charge in [-0.1, -0.05) is 6.07 Å². The fraction of sp³-hybridized carbons (Fsp3) is 0.579. The molecular weight excluding hydrogens is 383 g/mol. The first-order valence-electron chi connectivity index (χ1n) is 9.55. The Hall–Kier alpha value is -1.84. The zero-order chi connectivity index (χ0) is 20.1. The molecule has 2 aliphatic rings. The van der Waals surface area contributed by atoms with Crippen molar-refractivity contribution >= 4 is 10.2 Å². The van der Waals surface area contributed by atoms with Crippen molar-refractivity contribution in [3.8, 4) is 11.5 Å². The van der Waals surface area contributed by atoms with E-state index in [9.17, 15) is 12.8 Å². The normalized spacial score (nSPS) is 22.3. The van der Waals surface area contributed by atoms with E-state index in [-0.39, 0.29) is 23.2 Å². The smallest absolute Gasteiger partial charge is 0.281 e. The van der Waals surface area contributed by atoms with E-state index in [4.69, 9.17) is 4.42 Å². The fourth-order valence-electron chi connectivity index (χ4n) is 3.97. The number of hydrogen-bond donors (Lipinski definition) is 0. The van der Waals surface area contributed by atoms with E-state index in [2.05, 4.69) is 10.2 Å². The summed E-state index contributed by atoms with van der Waals surface area (Å²) in [6.45, 7) is 4.74. The molecule has 4 rings (SSSR count). The molecule has 2 fully saturated rings. The zero-order valence-corrected chi connectivity index (χ0v) is 17.1. The number of rotatable bonds is 5. The Morgan fingerprint density at radius 1 is 1.29 bits per heavy atom. The molecule has 1 saturated heterocycles. The highest BCUT2D eigenvalue weighted by Gasteiger charge is 2.59. The summed E-state index contributed by atoms with van der Waals surface area (Å²) in [6, 6.07) is 6.01. The van der Waals surface area contributed by atoms with Crippen LogP contribution in [0.5, 0.6) is 0 Å². The van der Waals surface area contributed by atoms with Gasteiger partial charge in [0.25, 0.3) is 10.2 Å². The van der Waals surface area contributed by atoms with Gasteiger partial charge in [-0.05, 0) is 56.7 Å². The lowest BCUT2D eigenvalue weighted by molar-refractivity contribution is 0.231. The molecule has 0 radical (unpaired) electrons. The van der Waals surface area contributed by atoms with Crippen molar-refractivity contribution in [2.45, 2.75) is 45.1 Å². The maximum atomic E-state index is 13.4. The number of halogens is 1. The van der Waals surface area contributed by atoms with Gasteiger partial charge in [-0.3, -0.25) is 0 Å². The van der Waals surface area contributed by atoms with Gasteiger partial charge in [0.05, 0.1) is 0 Å². The first-order valence-corrected chi connectivity index (χ1v) is 11.0. The summed E-state index contributed by atoms with van der Waals surface area (Å²) in [6.07, 6.45) is 2.48. The molecule has 1 atom stereocenters. The van der Waals surface area contributed by atoms with E-state index in [0.717, 1.165) is 19.3 Å². The lowest BCUT2D eigenvalue weighted by atomic mass is 9.92. The summed E-state index contributed by atoms with van der Waals surface area (Å²) in [5, 5.41) is 8.24. The quantitative estimate of drug-likeness (QED) is 0.760. The Morgan fingerprint density at radius 3 is 2.64 bits per heavy atom. The first-order chi connectivity index (χ1) is 13.2. The molecular formula is C19H25FN4O3S. The monoisotopic (exact) mass is 408 g/mol. The highest BCUT2D eigenvalue weighted by molar-refractivity contribution is 7.86. The minimum absolute atomic E-state index is 0.0359. The highest BCUT2D eigenvalue weighted by atomic mass is 32.2. The van der Waals surface area contributed by atoms with Crippen LogP contribution in [0.15, 0.2) is 28.7 Å². The van der Waals surface area contributed by atoms with Crippen molar-refractivity contribution in [2.24, 2.45) is 5.41 Å². The van der Waals surface area contributed by atoms with Gasteiger partial charge in [-0.25, -0.2) is 4.39 Å².